The van der Waals surface area contributed by atoms with Gasteiger partial charge in [-0.15, -0.1) is 0 Å². The number of hydrogen-bond acceptors (Lipinski definition) is 3. The van der Waals surface area contributed by atoms with Crippen molar-refractivity contribution in [3.63, 3.8) is 0 Å². The summed E-state index contributed by atoms with van der Waals surface area (Å²) in [5.74, 6) is 0. The van der Waals surface area contributed by atoms with E-state index in [-0.39, 0.29) is 5.69 Å². The van der Waals surface area contributed by atoms with Crippen LogP contribution in [0.5, 0.6) is 0 Å². The molecule has 2 aromatic carbocycles. The number of rotatable bonds is 4. The first-order valence-electron chi connectivity index (χ1n) is 5.64. The highest BCUT2D eigenvalue weighted by atomic mass is 79.9. The van der Waals surface area contributed by atoms with E-state index in [4.69, 9.17) is 0 Å². The standard InChI is InChI=1S/C14H11BrN2O2/c15-14-4-2-1-3-12(14)10-16-9-11-5-7-13(8-6-11)17(18)19/h1-8,10H,9H2. The minimum Gasteiger partial charge on any atom is -0.288 e. The van der Waals surface area contributed by atoms with E-state index in [9.17, 15) is 10.1 Å². The first-order valence-corrected chi connectivity index (χ1v) is 6.44. The maximum atomic E-state index is 10.5. The summed E-state index contributed by atoms with van der Waals surface area (Å²) in [7, 11) is 0. The number of hydrogen-bond donors (Lipinski definition) is 0. The van der Waals surface area contributed by atoms with Gasteiger partial charge in [-0.25, -0.2) is 0 Å². The Morgan fingerprint density at radius 2 is 1.84 bits per heavy atom. The van der Waals surface area contributed by atoms with Gasteiger partial charge < -0.3 is 0 Å². The lowest BCUT2D eigenvalue weighted by atomic mass is 10.2. The average Bonchev–Trinajstić information content (AvgIpc) is 2.41. The van der Waals surface area contributed by atoms with Crippen LogP contribution in [-0.4, -0.2) is 11.1 Å². The summed E-state index contributed by atoms with van der Waals surface area (Å²) in [6.07, 6.45) is 1.78. The van der Waals surface area contributed by atoms with Gasteiger partial charge in [0.2, 0.25) is 0 Å². The lowest BCUT2D eigenvalue weighted by Gasteiger charge is -1.98. The molecule has 2 rings (SSSR count). The van der Waals surface area contributed by atoms with Crippen LogP contribution < -0.4 is 0 Å². The molecule has 96 valence electrons. The number of halogens is 1. The van der Waals surface area contributed by atoms with Gasteiger partial charge >= 0.3 is 0 Å². The van der Waals surface area contributed by atoms with Gasteiger partial charge in [0.25, 0.3) is 5.69 Å². The average molecular weight is 319 g/mol. The van der Waals surface area contributed by atoms with Gasteiger partial charge in [-0.1, -0.05) is 46.3 Å². The zero-order chi connectivity index (χ0) is 13.7. The number of aliphatic imine (C=N–C) groups is 1. The Hall–Kier alpha value is -2.01. The van der Waals surface area contributed by atoms with Crippen molar-refractivity contribution in [3.8, 4) is 0 Å². The molecule has 4 nitrogen and oxygen atoms in total. The minimum absolute atomic E-state index is 0.0959. The van der Waals surface area contributed by atoms with E-state index in [1.54, 1.807) is 18.3 Å². The van der Waals surface area contributed by atoms with Crippen molar-refractivity contribution in [1.82, 2.24) is 0 Å². The lowest BCUT2D eigenvalue weighted by molar-refractivity contribution is -0.384. The summed E-state index contributed by atoms with van der Waals surface area (Å²) >= 11 is 3.44. The molecule has 0 N–H and O–H groups in total. The first-order chi connectivity index (χ1) is 9.16. The van der Waals surface area contributed by atoms with Crippen molar-refractivity contribution in [3.05, 3.63) is 74.2 Å². The fourth-order valence-electron chi connectivity index (χ4n) is 1.55. The largest absolute Gasteiger partial charge is 0.288 e. The van der Waals surface area contributed by atoms with Crippen LogP contribution in [0.4, 0.5) is 5.69 Å². The first kappa shape index (κ1) is 13.4. The van der Waals surface area contributed by atoms with Gasteiger partial charge in [0, 0.05) is 28.4 Å². The highest BCUT2D eigenvalue weighted by molar-refractivity contribution is 9.10. The SMILES string of the molecule is O=[N+]([O-])c1ccc(CN=Cc2ccccc2Br)cc1. The van der Waals surface area contributed by atoms with E-state index in [0.717, 1.165) is 15.6 Å². The molecule has 0 atom stereocenters. The monoisotopic (exact) mass is 318 g/mol. The molecule has 0 aromatic heterocycles. The molecule has 0 saturated carbocycles. The molecule has 0 unspecified atom stereocenters. The van der Waals surface area contributed by atoms with Gasteiger partial charge in [0.05, 0.1) is 11.5 Å². The molecule has 0 fully saturated rings. The van der Waals surface area contributed by atoms with E-state index in [1.165, 1.54) is 12.1 Å². The van der Waals surface area contributed by atoms with Crippen molar-refractivity contribution < 1.29 is 4.92 Å². The molecule has 0 aliphatic rings. The molecule has 0 amide bonds. The van der Waals surface area contributed by atoms with E-state index in [1.807, 2.05) is 24.3 Å². The summed E-state index contributed by atoms with van der Waals surface area (Å²) < 4.78 is 0.988. The normalized spacial score (nSPS) is 10.8. The van der Waals surface area contributed by atoms with Gasteiger partial charge in [0.15, 0.2) is 0 Å². The summed E-state index contributed by atoms with van der Waals surface area (Å²) in [4.78, 5) is 14.4. The second-order valence-corrected chi connectivity index (χ2v) is 4.77. The van der Waals surface area contributed by atoms with Crippen LogP contribution in [0.15, 0.2) is 58.0 Å². The number of nitrogens with zero attached hydrogens (tertiary/aromatic N) is 2. The molecule has 5 heteroatoms. The van der Waals surface area contributed by atoms with Crippen LogP contribution in [-0.2, 0) is 6.54 Å². The quantitative estimate of drug-likeness (QED) is 0.486. The van der Waals surface area contributed by atoms with Crippen molar-refractivity contribution in [2.45, 2.75) is 6.54 Å². The molecule has 0 spiro atoms. The van der Waals surface area contributed by atoms with Crippen LogP contribution >= 0.6 is 15.9 Å². The molecule has 0 bridgehead atoms. The fourth-order valence-corrected chi connectivity index (χ4v) is 1.94. The molecular formula is C14H11BrN2O2. The van der Waals surface area contributed by atoms with Crippen LogP contribution in [0.25, 0.3) is 0 Å². The molecule has 0 saturated heterocycles. The van der Waals surface area contributed by atoms with Gasteiger partial charge in [-0.2, -0.15) is 0 Å². The van der Waals surface area contributed by atoms with E-state index >= 15 is 0 Å². The highest BCUT2D eigenvalue weighted by Gasteiger charge is 2.03. The number of nitro benzene ring substituents is 1. The molecule has 19 heavy (non-hydrogen) atoms. The molecule has 0 radical (unpaired) electrons. The second kappa shape index (κ2) is 6.24. The summed E-state index contributed by atoms with van der Waals surface area (Å²) in [5.41, 5.74) is 2.04. The second-order valence-electron chi connectivity index (χ2n) is 3.91. The smallest absolute Gasteiger partial charge is 0.269 e. The van der Waals surface area contributed by atoms with E-state index in [2.05, 4.69) is 20.9 Å². The maximum absolute atomic E-state index is 10.5. The maximum Gasteiger partial charge on any atom is 0.269 e. The van der Waals surface area contributed by atoms with Gasteiger partial charge in [-0.3, -0.25) is 15.1 Å². The van der Waals surface area contributed by atoms with Gasteiger partial charge in [0.1, 0.15) is 0 Å². The Bertz CT molecular complexity index is 609. The van der Waals surface area contributed by atoms with Crippen molar-refractivity contribution in [2.24, 2.45) is 4.99 Å². The van der Waals surface area contributed by atoms with Crippen LogP contribution in [0, 0.1) is 10.1 Å². The van der Waals surface area contributed by atoms with E-state index < -0.39 is 4.92 Å². The predicted molar refractivity (Wildman–Crippen MR) is 78.5 cm³/mol. The highest BCUT2D eigenvalue weighted by Crippen LogP contribution is 2.15. The number of benzene rings is 2. The number of non-ortho nitro benzene ring substituents is 1. The Morgan fingerprint density at radius 3 is 2.47 bits per heavy atom. The summed E-state index contributed by atoms with van der Waals surface area (Å²) in [6.45, 7) is 0.499. The van der Waals surface area contributed by atoms with E-state index in [0.29, 0.717) is 6.54 Å². The van der Waals surface area contributed by atoms with Crippen LogP contribution in [0.3, 0.4) is 0 Å². The Labute approximate surface area is 119 Å². The minimum atomic E-state index is -0.409. The zero-order valence-electron chi connectivity index (χ0n) is 9.99. The topological polar surface area (TPSA) is 55.5 Å². The molecule has 0 aliphatic heterocycles. The Kier molecular flexibility index (Phi) is 4.41. The van der Waals surface area contributed by atoms with Crippen LogP contribution in [0.1, 0.15) is 11.1 Å². The van der Waals surface area contributed by atoms with Crippen molar-refractivity contribution >= 4 is 27.8 Å². The molecular weight excluding hydrogens is 308 g/mol. The Morgan fingerprint density at radius 1 is 1.16 bits per heavy atom. The third kappa shape index (κ3) is 3.72. The third-order valence-corrected chi connectivity index (χ3v) is 3.28. The van der Waals surface area contributed by atoms with Crippen molar-refractivity contribution in [2.75, 3.05) is 0 Å². The summed E-state index contributed by atoms with van der Waals surface area (Å²) in [6, 6.07) is 14.2. The predicted octanol–water partition coefficient (Wildman–Crippen LogP) is 3.98. The third-order valence-electron chi connectivity index (χ3n) is 2.56. The fraction of sp³-hybridized carbons (Fsp3) is 0.0714. The van der Waals surface area contributed by atoms with Crippen LogP contribution in [0.2, 0.25) is 0 Å². The molecule has 0 aliphatic carbocycles. The Balaban J connectivity index is 2.03. The molecule has 2 aromatic rings. The zero-order valence-corrected chi connectivity index (χ0v) is 11.6. The number of nitro groups is 1. The van der Waals surface area contributed by atoms with Crippen molar-refractivity contribution in [1.29, 1.82) is 0 Å². The summed E-state index contributed by atoms with van der Waals surface area (Å²) in [5, 5.41) is 10.5. The lowest BCUT2D eigenvalue weighted by Crippen LogP contribution is -1.89. The van der Waals surface area contributed by atoms with Gasteiger partial charge in [-0.05, 0) is 11.6 Å². The molecule has 0 heterocycles.